The highest BCUT2D eigenvalue weighted by atomic mass is 16.5. The van der Waals surface area contributed by atoms with Gasteiger partial charge >= 0.3 is 7.12 Å². The highest BCUT2D eigenvalue weighted by Crippen LogP contribution is 2.27. The van der Waals surface area contributed by atoms with Crippen molar-refractivity contribution < 1.29 is 14.8 Å². The summed E-state index contributed by atoms with van der Waals surface area (Å²) in [5.41, 5.74) is -0.907. The molecule has 0 aromatic rings. The van der Waals surface area contributed by atoms with E-state index >= 15 is 0 Å². The lowest BCUT2D eigenvalue weighted by Gasteiger charge is -2.38. The number of hydrogen-bond donors (Lipinski definition) is 3. The van der Waals surface area contributed by atoms with Gasteiger partial charge in [-0.1, -0.05) is 6.08 Å². The van der Waals surface area contributed by atoms with Crippen LogP contribution in [-0.2, 0) is 4.65 Å². The van der Waals surface area contributed by atoms with Crippen LogP contribution in [-0.4, -0.2) is 41.5 Å². The first-order chi connectivity index (χ1) is 7.24. The van der Waals surface area contributed by atoms with Gasteiger partial charge in [0.1, 0.15) is 0 Å². The second-order valence-corrected chi connectivity index (χ2v) is 5.27. The molecule has 0 saturated heterocycles. The molecule has 1 aliphatic rings. The van der Waals surface area contributed by atoms with Gasteiger partial charge in [-0.05, 0) is 46.1 Å². The second-order valence-electron chi connectivity index (χ2n) is 5.27. The average Bonchev–Trinajstić information content (AvgIpc) is 2.16. The third kappa shape index (κ3) is 3.32. The summed E-state index contributed by atoms with van der Waals surface area (Å²) in [6, 6.07) is 0. The molecule has 0 bridgehead atoms. The largest absolute Gasteiger partial charge is 0.487 e. The SMILES string of the molecule is CC(C)(O)C(C)(C)OB(O)C1=CCNCC1. The molecule has 1 rings (SSSR count). The smallest absolute Gasteiger partial charge is 0.423 e. The Labute approximate surface area is 97.8 Å². The minimum absolute atomic E-state index is 0.763. The Morgan fingerprint density at radius 1 is 1.38 bits per heavy atom. The normalized spacial score (nSPS) is 18.2. The highest BCUT2D eigenvalue weighted by molar-refractivity contribution is 6.52. The van der Waals surface area contributed by atoms with Crippen molar-refractivity contribution in [3.05, 3.63) is 11.5 Å². The molecule has 4 nitrogen and oxygen atoms in total. The monoisotopic (exact) mass is 227 g/mol. The fourth-order valence-corrected chi connectivity index (χ4v) is 1.36. The van der Waals surface area contributed by atoms with Gasteiger partial charge in [0.2, 0.25) is 0 Å². The molecule has 92 valence electrons. The summed E-state index contributed by atoms with van der Waals surface area (Å²) in [7, 11) is -0.927. The minimum atomic E-state index is -0.999. The molecule has 0 amide bonds. The van der Waals surface area contributed by atoms with Crippen LogP contribution in [0.2, 0.25) is 0 Å². The summed E-state index contributed by atoms with van der Waals surface area (Å²) in [6.07, 6.45) is 2.72. The predicted octanol–water partition coefficient (Wildman–Crippen LogP) is 0.492. The summed E-state index contributed by atoms with van der Waals surface area (Å²) in [5.74, 6) is 0. The van der Waals surface area contributed by atoms with E-state index in [-0.39, 0.29) is 0 Å². The molecule has 0 fully saturated rings. The number of rotatable bonds is 4. The summed E-state index contributed by atoms with van der Waals surface area (Å²) >= 11 is 0. The second kappa shape index (κ2) is 4.88. The molecule has 3 N–H and O–H groups in total. The minimum Gasteiger partial charge on any atom is -0.423 e. The van der Waals surface area contributed by atoms with E-state index in [4.69, 9.17) is 4.65 Å². The molecular weight excluding hydrogens is 205 g/mol. The topological polar surface area (TPSA) is 61.7 Å². The van der Waals surface area contributed by atoms with Crippen molar-refractivity contribution in [1.29, 1.82) is 0 Å². The first-order valence-corrected chi connectivity index (χ1v) is 5.72. The van der Waals surface area contributed by atoms with Crippen molar-refractivity contribution >= 4 is 7.12 Å². The molecule has 5 heteroatoms. The Bertz CT molecular complexity index is 271. The first-order valence-electron chi connectivity index (χ1n) is 5.72. The molecule has 0 atom stereocenters. The number of hydrogen-bond acceptors (Lipinski definition) is 4. The van der Waals surface area contributed by atoms with Gasteiger partial charge in [0, 0.05) is 6.54 Å². The molecule has 0 saturated carbocycles. The lowest BCUT2D eigenvalue weighted by atomic mass is 9.73. The summed E-state index contributed by atoms with van der Waals surface area (Å²) in [5, 5.41) is 23.0. The summed E-state index contributed by atoms with van der Waals surface area (Å²) < 4.78 is 5.55. The predicted molar refractivity (Wildman–Crippen MR) is 65.0 cm³/mol. The molecule has 16 heavy (non-hydrogen) atoms. The maximum absolute atomic E-state index is 9.94. The third-order valence-electron chi connectivity index (χ3n) is 3.30. The van der Waals surface area contributed by atoms with Crippen LogP contribution in [0.25, 0.3) is 0 Å². The zero-order chi connectivity index (χ0) is 12.4. The van der Waals surface area contributed by atoms with Crippen LogP contribution in [0, 0.1) is 0 Å². The summed E-state index contributed by atoms with van der Waals surface area (Å²) in [4.78, 5) is 0. The molecule has 0 aliphatic carbocycles. The van der Waals surface area contributed by atoms with Gasteiger partial charge in [-0.15, -0.1) is 0 Å². The van der Waals surface area contributed by atoms with E-state index in [9.17, 15) is 10.1 Å². The van der Waals surface area contributed by atoms with Crippen molar-refractivity contribution in [2.45, 2.75) is 45.3 Å². The molecule has 0 aromatic carbocycles. The quantitative estimate of drug-likeness (QED) is 0.612. The van der Waals surface area contributed by atoms with Crippen LogP contribution in [0.1, 0.15) is 34.1 Å². The first kappa shape index (κ1) is 13.7. The van der Waals surface area contributed by atoms with Crippen molar-refractivity contribution in [3.8, 4) is 0 Å². The Balaban J connectivity index is 2.63. The van der Waals surface area contributed by atoms with Gasteiger partial charge in [-0.3, -0.25) is 0 Å². The Kier molecular flexibility index (Phi) is 4.18. The van der Waals surface area contributed by atoms with Crippen molar-refractivity contribution in [2.75, 3.05) is 13.1 Å². The molecule has 0 aromatic heterocycles. The van der Waals surface area contributed by atoms with E-state index < -0.39 is 18.3 Å². The molecule has 0 unspecified atom stereocenters. The van der Waals surface area contributed by atoms with Crippen LogP contribution >= 0.6 is 0 Å². The van der Waals surface area contributed by atoms with E-state index in [1.165, 1.54) is 0 Å². The lowest BCUT2D eigenvalue weighted by Crippen LogP contribution is -2.51. The number of aliphatic hydroxyl groups is 1. The van der Waals surface area contributed by atoms with Crippen LogP contribution < -0.4 is 5.32 Å². The molecule has 1 aliphatic heterocycles. The van der Waals surface area contributed by atoms with Crippen LogP contribution in [0.3, 0.4) is 0 Å². The van der Waals surface area contributed by atoms with Gasteiger partial charge in [-0.2, -0.15) is 0 Å². The average molecular weight is 227 g/mol. The summed E-state index contributed by atoms with van der Waals surface area (Å²) in [6.45, 7) is 8.52. The molecule has 1 heterocycles. The van der Waals surface area contributed by atoms with Crippen molar-refractivity contribution in [3.63, 3.8) is 0 Å². The van der Waals surface area contributed by atoms with E-state index in [1.54, 1.807) is 27.7 Å². The fourth-order valence-electron chi connectivity index (χ4n) is 1.36. The van der Waals surface area contributed by atoms with Gasteiger partial charge in [0.15, 0.2) is 0 Å². The fraction of sp³-hybridized carbons (Fsp3) is 0.818. The molecule has 0 spiro atoms. The maximum atomic E-state index is 9.94. The Morgan fingerprint density at radius 3 is 2.44 bits per heavy atom. The van der Waals surface area contributed by atoms with Crippen LogP contribution in [0.15, 0.2) is 11.5 Å². The van der Waals surface area contributed by atoms with Gasteiger partial charge in [-0.25, -0.2) is 0 Å². The zero-order valence-corrected chi connectivity index (χ0v) is 10.6. The highest BCUT2D eigenvalue weighted by Gasteiger charge is 2.39. The van der Waals surface area contributed by atoms with Crippen LogP contribution in [0.5, 0.6) is 0 Å². The van der Waals surface area contributed by atoms with Crippen molar-refractivity contribution in [1.82, 2.24) is 5.32 Å². The van der Waals surface area contributed by atoms with Gasteiger partial charge < -0.3 is 20.1 Å². The van der Waals surface area contributed by atoms with Gasteiger partial charge in [0.05, 0.1) is 11.2 Å². The lowest BCUT2D eigenvalue weighted by molar-refractivity contribution is -0.0989. The number of nitrogens with one attached hydrogen (secondary N) is 1. The third-order valence-corrected chi connectivity index (χ3v) is 3.30. The van der Waals surface area contributed by atoms with E-state index in [0.717, 1.165) is 25.0 Å². The maximum Gasteiger partial charge on any atom is 0.487 e. The van der Waals surface area contributed by atoms with E-state index in [2.05, 4.69) is 5.32 Å². The van der Waals surface area contributed by atoms with Gasteiger partial charge in [0.25, 0.3) is 0 Å². The Morgan fingerprint density at radius 2 is 2.00 bits per heavy atom. The van der Waals surface area contributed by atoms with Crippen LogP contribution in [0.4, 0.5) is 0 Å². The molecular formula is C11H22BNO3. The van der Waals surface area contributed by atoms with Crippen molar-refractivity contribution in [2.24, 2.45) is 0 Å². The standard InChI is InChI=1S/C11H22BNO3/c1-10(2,14)11(3,4)16-12(15)9-5-7-13-8-6-9/h5,13-15H,6-8H2,1-4H3. The Hall–Kier alpha value is -0.355. The van der Waals surface area contributed by atoms with E-state index in [1.807, 2.05) is 6.08 Å². The zero-order valence-electron chi connectivity index (χ0n) is 10.6. The molecule has 0 radical (unpaired) electrons. The van der Waals surface area contributed by atoms with E-state index in [0.29, 0.717) is 0 Å².